The third-order valence-corrected chi connectivity index (χ3v) is 3.05. The van der Waals surface area contributed by atoms with Gasteiger partial charge in [0, 0.05) is 11.1 Å². The molecular weight excluding hydrogens is 278 g/mol. The van der Waals surface area contributed by atoms with Crippen molar-refractivity contribution in [2.45, 2.75) is 32.9 Å². The molecule has 0 aliphatic carbocycles. The molecule has 4 nitrogen and oxygen atoms in total. The normalized spacial score (nSPS) is 11.0. The summed E-state index contributed by atoms with van der Waals surface area (Å²) >= 11 is 0. The van der Waals surface area contributed by atoms with Crippen LogP contribution >= 0.6 is 0 Å². The van der Waals surface area contributed by atoms with Crippen molar-refractivity contribution in [3.05, 3.63) is 54.1 Å². The second-order valence-electron chi connectivity index (χ2n) is 6.13. The number of aromatic hydroxyl groups is 1. The molecule has 0 atom stereocenters. The Morgan fingerprint density at radius 1 is 1.05 bits per heavy atom. The lowest BCUT2D eigenvalue weighted by Crippen LogP contribution is -2.40. The van der Waals surface area contributed by atoms with Gasteiger partial charge in [-0.1, -0.05) is 42.5 Å². The number of phenols is 1. The summed E-state index contributed by atoms with van der Waals surface area (Å²) < 4.78 is 5.27. The molecular formula is C18H21NO3. The van der Waals surface area contributed by atoms with Gasteiger partial charge in [-0.25, -0.2) is 4.79 Å². The minimum Gasteiger partial charge on any atom is -0.507 e. The summed E-state index contributed by atoms with van der Waals surface area (Å²) in [7, 11) is 0. The predicted molar refractivity (Wildman–Crippen MR) is 86.6 cm³/mol. The maximum Gasteiger partial charge on any atom is 0.407 e. The van der Waals surface area contributed by atoms with Crippen LogP contribution in [0.4, 0.5) is 4.79 Å². The number of rotatable bonds is 3. The van der Waals surface area contributed by atoms with Gasteiger partial charge < -0.3 is 15.2 Å². The lowest BCUT2D eigenvalue weighted by atomic mass is 9.99. The largest absolute Gasteiger partial charge is 0.507 e. The molecule has 2 N–H and O–H groups in total. The van der Waals surface area contributed by atoms with Crippen LogP contribution < -0.4 is 5.32 Å². The predicted octanol–water partition coefficient (Wildman–Crippen LogP) is 4.08. The summed E-state index contributed by atoms with van der Waals surface area (Å²) in [4.78, 5) is 11.8. The molecule has 4 heteroatoms. The Bertz CT molecular complexity index is 659. The lowest BCUT2D eigenvalue weighted by Gasteiger charge is -2.20. The fraction of sp³-hybridized carbons (Fsp3) is 0.278. The van der Waals surface area contributed by atoms with Crippen LogP contribution in [0.25, 0.3) is 11.1 Å². The first-order chi connectivity index (χ1) is 10.4. The van der Waals surface area contributed by atoms with Crippen molar-refractivity contribution in [1.29, 1.82) is 0 Å². The van der Waals surface area contributed by atoms with Crippen molar-refractivity contribution < 1.29 is 14.6 Å². The van der Waals surface area contributed by atoms with Crippen molar-refractivity contribution in [2.75, 3.05) is 0 Å². The lowest BCUT2D eigenvalue weighted by molar-refractivity contribution is 0.131. The Kier molecular flexibility index (Phi) is 4.71. The van der Waals surface area contributed by atoms with E-state index in [1.807, 2.05) is 57.2 Å². The molecule has 116 valence electrons. The molecule has 2 rings (SSSR count). The fourth-order valence-electron chi connectivity index (χ4n) is 2.10. The molecule has 0 unspecified atom stereocenters. The van der Waals surface area contributed by atoms with Gasteiger partial charge in [0.15, 0.2) is 0 Å². The number of alkyl carbamates (subject to hydrolysis) is 1. The first kappa shape index (κ1) is 15.9. The van der Waals surface area contributed by atoms with Crippen molar-refractivity contribution in [1.82, 2.24) is 5.32 Å². The zero-order chi connectivity index (χ0) is 16.2. The molecule has 1 amide bonds. The molecule has 0 aliphatic rings. The number of carbonyl (C=O) groups is 1. The average Bonchev–Trinajstić information content (AvgIpc) is 2.44. The van der Waals surface area contributed by atoms with E-state index in [1.54, 1.807) is 12.1 Å². The van der Waals surface area contributed by atoms with E-state index in [1.165, 1.54) is 0 Å². The van der Waals surface area contributed by atoms with Crippen LogP contribution in [0.3, 0.4) is 0 Å². The van der Waals surface area contributed by atoms with Crippen LogP contribution in [-0.4, -0.2) is 16.7 Å². The highest BCUT2D eigenvalue weighted by atomic mass is 16.5. The number of ether oxygens (including phenoxy) is 1. The van der Waals surface area contributed by atoms with Crippen LogP contribution in [0.2, 0.25) is 0 Å². The number of nitrogens with one attached hydrogen (secondary N) is 1. The van der Waals surface area contributed by atoms with E-state index >= 15 is 0 Å². The smallest absolute Gasteiger partial charge is 0.407 e. The quantitative estimate of drug-likeness (QED) is 0.897. The first-order valence-electron chi connectivity index (χ1n) is 7.18. The van der Waals surface area contributed by atoms with Gasteiger partial charge in [-0.15, -0.1) is 0 Å². The van der Waals surface area contributed by atoms with Gasteiger partial charge in [0.1, 0.15) is 12.4 Å². The second-order valence-corrected chi connectivity index (χ2v) is 6.13. The maximum atomic E-state index is 11.8. The maximum absolute atomic E-state index is 11.8. The molecule has 0 bridgehead atoms. The van der Waals surface area contributed by atoms with Crippen LogP contribution in [0.5, 0.6) is 5.75 Å². The summed E-state index contributed by atoms with van der Waals surface area (Å²) in [5.41, 5.74) is 2.07. The number of carbonyl (C=O) groups excluding carboxylic acids is 1. The van der Waals surface area contributed by atoms with Gasteiger partial charge in [0.05, 0.1) is 0 Å². The number of amides is 1. The second kappa shape index (κ2) is 6.52. The summed E-state index contributed by atoms with van der Waals surface area (Å²) in [5.74, 6) is 0.203. The Balaban J connectivity index is 2.16. The Morgan fingerprint density at radius 3 is 2.27 bits per heavy atom. The van der Waals surface area contributed by atoms with Crippen molar-refractivity contribution in [3.63, 3.8) is 0 Å². The Labute approximate surface area is 130 Å². The SMILES string of the molecule is CC(C)(C)NC(=O)OCc1ccccc1-c1ccccc1O. The number of hydrogen-bond donors (Lipinski definition) is 2. The van der Waals surface area contributed by atoms with Crippen molar-refractivity contribution >= 4 is 6.09 Å². The third kappa shape index (κ3) is 4.25. The molecule has 0 heterocycles. The van der Waals surface area contributed by atoms with Crippen molar-refractivity contribution in [2.24, 2.45) is 0 Å². The molecule has 2 aromatic carbocycles. The van der Waals surface area contributed by atoms with Gasteiger partial charge in [-0.2, -0.15) is 0 Å². The van der Waals surface area contributed by atoms with Gasteiger partial charge in [-0.05, 0) is 38.0 Å². The van der Waals surface area contributed by atoms with Crippen molar-refractivity contribution in [3.8, 4) is 16.9 Å². The van der Waals surface area contributed by atoms with Gasteiger partial charge >= 0.3 is 6.09 Å². The number of hydrogen-bond acceptors (Lipinski definition) is 3. The summed E-state index contributed by atoms with van der Waals surface area (Å²) in [6.07, 6.45) is -0.459. The van der Waals surface area contributed by atoms with E-state index < -0.39 is 6.09 Å². The molecule has 0 spiro atoms. The molecule has 0 aliphatic heterocycles. The number of para-hydroxylation sites is 1. The van der Waals surface area contributed by atoms with Gasteiger partial charge in [0.25, 0.3) is 0 Å². The first-order valence-corrected chi connectivity index (χ1v) is 7.18. The van der Waals surface area contributed by atoms with E-state index in [4.69, 9.17) is 4.74 Å². The monoisotopic (exact) mass is 299 g/mol. The van der Waals surface area contributed by atoms with Gasteiger partial charge in [-0.3, -0.25) is 0 Å². The summed E-state index contributed by atoms with van der Waals surface area (Å²) in [6, 6.07) is 14.7. The fourth-order valence-corrected chi connectivity index (χ4v) is 2.10. The Morgan fingerprint density at radius 2 is 1.64 bits per heavy atom. The van der Waals surface area contributed by atoms with Crippen LogP contribution in [0.15, 0.2) is 48.5 Å². The minimum atomic E-state index is -0.459. The van der Waals surface area contributed by atoms with Crippen LogP contribution in [0, 0.1) is 0 Å². The molecule has 0 saturated carbocycles. The molecule has 22 heavy (non-hydrogen) atoms. The summed E-state index contributed by atoms with van der Waals surface area (Å²) in [5, 5.41) is 12.7. The zero-order valence-electron chi connectivity index (χ0n) is 13.1. The summed E-state index contributed by atoms with van der Waals surface area (Å²) in [6.45, 7) is 5.82. The highest BCUT2D eigenvalue weighted by molar-refractivity contribution is 5.73. The Hall–Kier alpha value is -2.49. The van der Waals surface area contributed by atoms with E-state index in [0.717, 1.165) is 16.7 Å². The standard InChI is InChI=1S/C18H21NO3/c1-18(2,3)19-17(21)22-12-13-8-4-5-9-14(13)15-10-6-7-11-16(15)20/h4-11,20H,12H2,1-3H3,(H,19,21). The van der Waals surface area contributed by atoms with Crippen LogP contribution in [0.1, 0.15) is 26.3 Å². The molecule has 0 saturated heterocycles. The van der Waals surface area contributed by atoms with E-state index in [0.29, 0.717) is 0 Å². The molecule has 2 aromatic rings. The average molecular weight is 299 g/mol. The number of phenolic OH excluding ortho intramolecular Hbond substituents is 1. The third-order valence-electron chi connectivity index (χ3n) is 3.05. The topological polar surface area (TPSA) is 58.6 Å². The number of benzene rings is 2. The molecule has 0 radical (unpaired) electrons. The minimum absolute atomic E-state index is 0.145. The van der Waals surface area contributed by atoms with E-state index in [-0.39, 0.29) is 17.9 Å². The highest BCUT2D eigenvalue weighted by Crippen LogP contribution is 2.31. The van der Waals surface area contributed by atoms with E-state index in [9.17, 15) is 9.90 Å². The zero-order valence-corrected chi connectivity index (χ0v) is 13.1. The van der Waals surface area contributed by atoms with E-state index in [2.05, 4.69) is 5.32 Å². The van der Waals surface area contributed by atoms with Gasteiger partial charge in [0.2, 0.25) is 0 Å². The molecule has 0 aromatic heterocycles. The molecule has 0 fully saturated rings. The van der Waals surface area contributed by atoms with Crippen LogP contribution in [-0.2, 0) is 11.3 Å². The highest BCUT2D eigenvalue weighted by Gasteiger charge is 2.15.